The van der Waals surface area contributed by atoms with Crippen LogP contribution in [0.5, 0.6) is 0 Å². The molecule has 0 amide bonds. The van der Waals surface area contributed by atoms with Gasteiger partial charge in [-0.1, -0.05) is 20.8 Å². The fourth-order valence-corrected chi connectivity index (χ4v) is 4.77. The maximum Gasteiger partial charge on any atom is 0.284 e. The Morgan fingerprint density at radius 3 is 0.816 bits per heavy atom. The Hall–Kier alpha value is -0.700. The minimum Gasteiger partial charge on any atom is -0.251 e. The molecule has 230 valence electrons. The molecule has 4 aliphatic rings. The molecule has 0 aromatic carbocycles. The molecular weight excluding hydrogens is 526 g/mol. The zero-order valence-electron chi connectivity index (χ0n) is 24.3. The van der Waals surface area contributed by atoms with Crippen molar-refractivity contribution >= 4 is 0 Å². The van der Waals surface area contributed by atoms with E-state index in [1.165, 1.54) is 20.8 Å². The Morgan fingerprint density at radius 1 is 0.474 bits per heavy atom. The lowest BCUT2D eigenvalue weighted by Gasteiger charge is -2.43. The van der Waals surface area contributed by atoms with Crippen molar-refractivity contribution in [3.05, 3.63) is 0 Å². The molecule has 0 radical (unpaired) electrons. The Bertz CT molecular complexity index is 646. The topological polar surface area (TPSA) is 0 Å². The first kappa shape index (κ1) is 37.3. The van der Waals surface area contributed by atoms with Gasteiger partial charge in [-0.25, -0.2) is 39.5 Å². The average molecular weight is 575 g/mol. The molecular formula is C28H48F10. The lowest BCUT2D eigenvalue weighted by molar-refractivity contribution is -0.147. The molecule has 0 nitrogen and oxygen atoms in total. The highest BCUT2D eigenvalue weighted by Gasteiger charge is 2.68. The van der Waals surface area contributed by atoms with Crippen LogP contribution in [-0.2, 0) is 0 Å². The van der Waals surface area contributed by atoms with E-state index >= 15 is 0 Å². The number of rotatable bonds is 3. The summed E-state index contributed by atoms with van der Waals surface area (Å²) in [7, 11) is 0. The van der Waals surface area contributed by atoms with Crippen LogP contribution < -0.4 is 0 Å². The van der Waals surface area contributed by atoms with E-state index in [4.69, 9.17) is 0 Å². The van der Waals surface area contributed by atoms with Crippen molar-refractivity contribution < 1.29 is 43.9 Å². The molecule has 10 heteroatoms. The number of halogens is 10. The van der Waals surface area contributed by atoms with Gasteiger partial charge in [0.15, 0.2) is 0 Å². The van der Waals surface area contributed by atoms with Gasteiger partial charge in [0, 0.05) is 32.1 Å². The van der Waals surface area contributed by atoms with Crippen molar-refractivity contribution in [1.29, 1.82) is 0 Å². The Balaban J connectivity index is 0.000000471. The normalized spacial score (nSPS) is 43.1. The van der Waals surface area contributed by atoms with E-state index in [1.54, 1.807) is 13.8 Å². The van der Waals surface area contributed by atoms with Crippen molar-refractivity contribution in [2.45, 2.75) is 172 Å². The highest BCUT2D eigenvalue weighted by molar-refractivity contribution is 5.10. The molecule has 4 fully saturated rings. The summed E-state index contributed by atoms with van der Waals surface area (Å²) in [5.41, 5.74) is -10.9. The molecule has 0 aliphatic heterocycles. The quantitative estimate of drug-likeness (QED) is 0.294. The first-order valence-corrected chi connectivity index (χ1v) is 13.6. The first-order valence-electron chi connectivity index (χ1n) is 13.6. The average Bonchev–Trinajstić information content (AvgIpc) is 3.46. The maximum absolute atomic E-state index is 13.0. The van der Waals surface area contributed by atoms with Crippen LogP contribution in [0.25, 0.3) is 0 Å². The van der Waals surface area contributed by atoms with E-state index in [0.717, 1.165) is 19.8 Å². The van der Waals surface area contributed by atoms with E-state index < -0.39 is 58.4 Å². The van der Waals surface area contributed by atoms with Crippen molar-refractivity contribution in [2.24, 2.45) is 0 Å². The lowest BCUT2D eigenvalue weighted by atomic mass is 9.70. The third-order valence-electron chi connectivity index (χ3n) is 8.01. The van der Waals surface area contributed by atoms with Crippen LogP contribution in [-0.4, -0.2) is 52.3 Å². The van der Waals surface area contributed by atoms with Crippen LogP contribution in [0.1, 0.15) is 126 Å². The maximum atomic E-state index is 13.0. The number of hydrogen-bond acceptors (Lipinski definition) is 0. The van der Waals surface area contributed by atoms with Crippen LogP contribution in [0, 0.1) is 0 Å². The Labute approximate surface area is 222 Å². The predicted octanol–water partition coefficient (Wildman–Crippen LogP) is 11.0. The van der Waals surface area contributed by atoms with Gasteiger partial charge in [-0.05, 0) is 73.1 Å². The molecule has 0 aromatic rings. The zero-order valence-corrected chi connectivity index (χ0v) is 24.3. The molecule has 0 spiro atoms. The van der Waals surface area contributed by atoms with Crippen LogP contribution in [0.2, 0.25) is 0 Å². The van der Waals surface area contributed by atoms with Gasteiger partial charge in [0.1, 0.15) is 34.0 Å². The van der Waals surface area contributed by atoms with E-state index in [-0.39, 0.29) is 32.4 Å². The van der Waals surface area contributed by atoms with Gasteiger partial charge in [0.05, 0.1) is 6.67 Å². The second-order valence-corrected chi connectivity index (χ2v) is 12.2. The van der Waals surface area contributed by atoms with Gasteiger partial charge in [-0.3, -0.25) is 4.39 Å². The molecule has 2 atom stereocenters. The summed E-state index contributed by atoms with van der Waals surface area (Å²) in [6.45, 7) is 11.0. The summed E-state index contributed by atoms with van der Waals surface area (Å²) in [6.07, 6.45) is 2.50. The molecule has 4 saturated carbocycles. The number of alkyl halides is 10. The lowest BCUT2D eigenvalue weighted by Crippen LogP contribution is -2.48. The monoisotopic (exact) mass is 574 g/mol. The minimum absolute atomic E-state index is 0.0938. The molecule has 4 rings (SSSR count). The summed E-state index contributed by atoms with van der Waals surface area (Å²) in [5, 5.41) is 0. The highest BCUT2D eigenvalue weighted by atomic mass is 19.3. The van der Waals surface area contributed by atoms with Crippen LogP contribution >= 0.6 is 0 Å². The first-order chi connectivity index (χ1) is 16.8. The zero-order chi connectivity index (χ0) is 30.5. The molecule has 0 bridgehead atoms. The van der Waals surface area contributed by atoms with Gasteiger partial charge in [-0.15, -0.1) is 0 Å². The molecule has 0 N–H and O–H groups in total. The van der Waals surface area contributed by atoms with Crippen molar-refractivity contribution in [3.63, 3.8) is 0 Å². The Morgan fingerprint density at radius 2 is 0.763 bits per heavy atom. The van der Waals surface area contributed by atoms with Crippen LogP contribution in [0.4, 0.5) is 43.9 Å². The van der Waals surface area contributed by atoms with Gasteiger partial charge >= 0.3 is 0 Å². The summed E-state index contributed by atoms with van der Waals surface area (Å²) in [6, 6.07) is 0. The van der Waals surface area contributed by atoms with Crippen LogP contribution in [0.3, 0.4) is 0 Å². The van der Waals surface area contributed by atoms with E-state index in [0.29, 0.717) is 26.2 Å². The standard InChI is InChI=1S/C7H10F4.2C7H12F2.C5H9F.C2H5F/c1-5(8)3-4-7(10,11)6(5,2)9;2*1-3-7(9)4-6(2,8)5-7;1-2-5(6)3-4-5;1-2-3/h3-4H2,1-2H3;2*3-5H2,1-2H3;2-4H2,1H3;2H2,1H3. The molecule has 0 heterocycles. The van der Waals surface area contributed by atoms with Crippen molar-refractivity contribution in [2.75, 3.05) is 6.67 Å². The number of hydrogen-bond donors (Lipinski definition) is 0. The van der Waals surface area contributed by atoms with Gasteiger partial charge < -0.3 is 0 Å². The van der Waals surface area contributed by atoms with Crippen molar-refractivity contribution in [1.82, 2.24) is 0 Å². The van der Waals surface area contributed by atoms with Gasteiger partial charge in [-0.2, -0.15) is 0 Å². The molecule has 38 heavy (non-hydrogen) atoms. The fraction of sp³-hybridized carbons (Fsp3) is 1.00. The largest absolute Gasteiger partial charge is 0.284 e. The van der Waals surface area contributed by atoms with Gasteiger partial charge in [0.2, 0.25) is 5.67 Å². The molecule has 2 unspecified atom stereocenters. The van der Waals surface area contributed by atoms with E-state index in [1.807, 2.05) is 6.92 Å². The smallest absolute Gasteiger partial charge is 0.251 e. The third-order valence-corrected chi connectivity index (χ3v) is 8.01. The molecule has 4 aliphatic carbocycles. The molecule has 0 aromatic heterocycles. The summed E-state index contributed by atoms with van der Waals surface area (Å²) < 4.78 is 125. The highest BCUT2D eigenvalue weighted by Crippen LogP contribution is 2.54. The van der Waals surface area contributed by atoms with Crippen LogP contribution in [0.15, 0.2) is 0 Å². The summed E-state index contributed by atoms with van der Waals surface area (Å²) in [4.78, 5) is 0. The molecule has 0 saturated heterocycles. The predicted molar refractivity (Wildman–Crippen MR) is 134 cm³/mol. The Kier molecular flexibility index (Phi) is 12.6. The SMILES string of the molecule is CC1(F)CCC(F)(F)C1(C)F.CCC1(F)CC(C)(F)C1.CCC1(F)CC(C)(F)C1.CCC1(F)CC1.CCF. The van der Waals surface area contributed by atoms with Gasteiger partial charge in [0.25, 0.3) is 5.92 Å². The third kappa shape index (κ3) is 10.7. The second kappa shape index (κ2) is 12.9. The second-order valence-electron chi connectivity index (χ2n) is 12.2. The summed E-state index contributed by atoms with van der Waals surface area (Å²) in [5.74, 6) is -3.52. The fourth-order valence-electron chi connectivity index (χ4n) is 4.77. The van der Waals surface area contributed by atoms with E-state index in [2.05, 4.69) is 0 Å². The van der Waals surface area contributed by atoms with Crippen molar-refractivity contribution in [3.8, 4) is 0 Å². The summed E-state index contributed by atoms with van der Waals surface area (Å²) >= 11 is 0. The van der Waals surface area contributed by atoms with E-state index in [9.17, 15) is 43.9 Å². The minimum atomic E-state index is -3.52.